The molecule has 0 amide bonds. The van der Waals surface area contributed by atoms with Gasteiger partial charge in [-0.2, -0.15) is 4.37 Å². The summed E-state index contributed by atoms with van der Waals surface area (Å²) >= 11 is 2.54. The highest BCUT2D eigenvalue weighted by molar-refractivity contribution is 8.00. The second kappa shape index (κ2) is 6.67. The van der Waals surface area contributed by atoms with Gasteiger partial charge in [-0.15, -0.1) is 22.0 Å². The summed E-state index contributed by atoms with van der Waals surface area (Å²) in [7, 11) is 0. The number of azo groups is 1. The predicted molar refractivity (Wildman–Crippen MR) is 83.1 cm³/mol. The number of hydrogen-bond acceptors (Lipinski definition) is 9. The van der Waals surface area contributed by atoms with Crippen LogP contribution in [0.15, 0.2) is 25.9 Å². The lowest BCUT2D eigenvalue weighted by molar-refractivity contribution is -0.131. The van der Waals surface area contributed by atoms with E-state index in [1.165, 1.54) is 18.7 Å². The number of aliphatic hydroxyl groups is 1. The first-order valence-corrected chi connectivity index (χ1v) is 8.45. The van der Waals surface area contributed by atoms with E-state index in [0.29, 0.717) is 5.56 Å². The molecule has 2 heterocycles. The third kappa shape index (κ3) is 3.11. The first-order chi connectivity index (χ1) is 10.4. The number of thioether (sulfide) groups is 1. The Balaban J connectivity index is 2.40. The van der Waals surface area contributed by atoms with Gasteiger partial charge in [0.2, 0.25) is 5.78 Å². The van der Waals surface area contributed by atoms with Gasteiger partial charge in [-0.1, -0.05) is 0 Å². The molecule has 0 saturated heterocycles. The Kier molecular flexibility index (Phi) is 5.09. The number of ether oxygens (including phenoxy) is 1. The van der Waals surface area contributed by atoms with Crippen LogP contribution in [-0.2, 0) is 9.53 Å². The average molecular weight is 341 g/mol. The van der Waals surface area contributed by atoms with Crippen molar-refractivity contribution in [3.05, 3.63) is 17.0 Å². The SMILES string of the molecule is CSc1snc(N=NC2=C(O)C(C)OC(C)C2=O)c1C(C)=O. The maximum Gasteiger partial charge on any atom is 0.215 e. The number of ketones is 2. The Bertz CT molecular complexity index is 681. The van der Waals surface area contributed by atoms with Crippen molar-refractivity contribution in [2.45, 2.75) is 37.2 Å². The highest BCUT2D eigenvalue weighted by Gasteiger charge is 2.32. The molecule has 0 radical (unpaired) electrons. The van der Waals surface area contributed by atoms with Crippen molar-refractivity contribution in [2.24, 2.45) is 10.2 Å². The van der Waals surface area contributed by atoms with Gasteiger partial charge in [0.15, 0.2) is 23.1 Å². The Morgan fingerprint density at radius 1 is 1.36 bits per heavy atom. The molecule has 1 aliphatic heterocycles. The highest BCUT2D eigenvalue weighted by Crippen LogP contribution is 2.34. The molecule has 7 nitrogen and oxygen atoms in total. The second-order valence-electron chi connectivity index (χ2n) is 4.65. The van der Waals surface area contributed by atoms with Crippen LogP contribution in [0.3, 0.4) is 0 Å². The van der Waals surface area contributed by atoms with Crippen LogP contribution < -0.4 is 0 Å². The lowest BCUT2D eigenvalue weighted by Gasteiger charge is -2.23. The van der Waals surface area contributed by atoms with Gasteiger partial charge in [0.1, 0.15) is 12.2 Å². The minimum Gasteiger partial charge on any atom is -0.507 e. The van der Waals surface area contributed by atoms with Gasteiger partial charge in [-0.3, -0.25) is 9.59 Å². The molecular weight excluding hydrogens is 326 g/mol. The molecule has 118 valence electrons. The monoisotopic (exact) mass is 341 g/mol. The average Bonchev–Trinajstić information content (AvgIpc) is 2.88. The van der Waals surface area contributed by atoms with E-state index in [0.717, 1.165) is 15.7 Å². The van der Waals surface area contributed by atoms with E-state index in [9.17, 15) is 14.7 Å². The summed E-state index contributed by atoms with van der Waals surface area (Å²) in [5.41, 5.74) is 0.224. The normalized spacial score (nSPS) is 22.6. The van der Waals surface area contributed by atoms with Crippen LogP contribution in [-0.4, -0.2) is 39.5 Å². The quantitative estimate of drug-likeness (QED) is 0.512. The van der Waals surface area contributed by atoms with Crippen molar-refractivity contribution in [1.29, 1.82) is 0 Å². The lowest BCUT2D eigenvalue weighted by atomic mass is 10.1. The summed E-state index contributed by atoms with van der Waals surface area (Å²) < 4.78 is 10.1. The van der Waals surface area contributed by atoms with Gasteiger partial charge in [-0.05, 0) is 38.6 Å². The molecule has 0 aromatic carbocycles. The number of carbonyl (C=O) groups excluding carboxylic acids is 2. The Morgan fingerprint density at radius 2 is 2.05 bits per heavy atom. The lowest BCUT2D eigenvalue weighted by Crippen LogP contribution is -2.34. The number of carbonyl (C=O) groups is 2. The third-order valence-corrected chi connectivity index (χ3v) is 5.00. The van der Waals surface area contributed by atoms with E-state index in [-0.39, 0.29) is 23.1 Å². The summed E-state index contributed by atoms with van der Waals surface area (Å²) in [6, 6.07) is 0. The molecule has 0 bridgehead atoms. The first kappa shape index (κ1) is 16.8. The van der Waals surface area contributed by atoms with E-state index in [1.54, 1.807) is 13.8 Å². The summed E-state index contributed by atoms with van der Waals surface area (Å²) in [6.07, 6.45) is 0.496. The van der Waals surface area contributed by atoms with Crippen molar-refractivity contribution < 1.29 is 19.4 Å². The van der Waals surface area contributed by atoms with Crippen LogP contribution in [0.5, 0.6) is 0 Å². The molecule has 1 aromatic rings. The van der Waals surface area contributed by atoms with Crippen molar-refractivity contribution in [2.75, 3.05) is 6.26 Å². The maximum absolute atomic E-state index is 12.0. The van der Waals surface area contributed by atoms with Crippen molar-refractivity contribution in [3.63, 3.8) is 0 Å². The van der Waals surface area contributed by atoms with Crippen molar-refractivity contribution in [1.82, 2.24) is 4.37 Å². The Hall–Kier alpha value is -1.58. The molecule has 0 spiro atoms. The van der Waals surface area contributed by atoms with Crippen LogP contribution in [0.2, 0.25) is 0 Å². The number of nitrogens with zero attached hydrogens (tertiary/aromatic N) is 3. The fourth-order valence-electron chi connectivity index (χ4n) is 1.92. The van der Waals surface area contributed by atoms with E-state index in [1.807, 2.05) is 6.26 Å². The van der Waals surface area contributed by atoms with E-state index < -0.39 is 18.0 Å². The van der Waals surface area contributed by atoms with E-state index in [2.05, 4.69) is 14.6 Å². The summed E-state index contributed by atoms with van der Waals surface area (Å²) in [5, 5.41) is 17.6. The predicted octanol–water partition coefficient (Wildman–Crippen LogP) is 3.30. The molecule has 1 aromatic heterocycles. The molecule has 2 rings (SSSR count). The minimum absolute atomic E-state index is 0.153. The summed E-state index contributed by atoms with van der Waals surface area (Å²) in [6.45, 7) is 4.61. The van der Waals surface area contributed by atoms with Crippen LogP contribution in [0.1, 0.15) is 31.1 Å². The molecule has 9 heteroatoms. The van der Waals surface area contributed by atoms with Gasteiger partial charge in [0.25, 0.3) is 0 Å². The van der Waals surface area contributed by atoms with Gasteiger partial charge in [0, 0.05) is 0 Å². The molecule has 1 aliphatic rings. The zero-order chi connectivity index (χ0) is 16.4. The standard InChI is InChI=1S/C13H15N3O4S2/c1-5(17)8-12(16-22-13(8)21-4)15-14-9-10(18)6(2)20-7(3)11(9)19/h6-7,18H,1-4H3. The van der Waals surface area contributed by atoms with Gasteiger partial charge < -0.3 is 9.84 Å². The minimum atomic E-state index is -0.704. The zero-order valence-electron chi connectivity index (χ0n) is 12.5. The molecular formula is C13H15N3O4S2. The first-order valence-electron chi connectivity index (χ1n) is 6.46. The van der Waals surface area contributed by atoms with Crippen LogP contribution >= 0.6 is 23.3 Å². The number of Topliss-reactive ketones (excluding diaryl/α,β-unsaturated/α-hetero) is 2. The Labute approximate surface area is 135 Å². The maximum atomic E-state index is 12.0. The van der Waals surface area contributed by atoms with E-state index >= 15 is 0 Å². The Morgan fingerprint density at radius 3 is 2.64 bits per heavy atom. The molecule has 0 aliphatic carbocycles. The zero-order valence-corrected chi connectivity index (χ0v) is 14.1. The van der Waals surface area contributed by atoms with Crippen molar-refractivity contribution in [3.8, 4) is 0 Å². The highest BCUT2D eigenvalue weighted by atomic mass is 32.2. The summed E-state index contributed by atoms with van der Waals surface area (Å²) in [4.78, 5) is 23.7. The van der Waals surface area contributed by atoms with Gasteiger partial charge >= 0.3 is 0 Å². The molecule has 1 N–H and O–H groups in total. The van der Waals surface area contributed by atoms with Crippen LogP contribution in [0.25, 0.3) is 0 Å². The molecule has 0 saturated carbocycles. The third-order valence-electron chi connectivity index (χ3n) is 3.06. The van der Waals surface area contributed by atoms with Crippen LogP contribution in [0.4, 0.5) is 5.82 Å². The van der Waals surface area contributed by atoms with Gasteiger partial charge in [-0.25, -0.2) is 0 Å². The van der Waals surface area contributed by atoms with Gasteiger partial charge in [0.05, 0.1) is 9.77 Å². The number of hydrogen-bond donors (Lipinski definition) is 1. The van der Waals surface area contributed by atoms with Crippen molar-refractivity contribution >= 4 is 40.7 Å². The molecule has 22 heavy (non-hydrogen) atoms. The molecule has 0 fully saturated rings. The fourth-order valence-corrected chi connectivity index (χ4v) is 3.39. The number of aromatic nitrogens is 1. The van der Waals surface area contributed by atoms with E-state index in [4.69, 9.17) is 4.74 Å². The topological polar surface area (TPSA) is 101 Å². The fraction of sp³-hybridized carbons (Fsp3) is 0.462. The number of aliphatic hydroxyl groups excluding tert-OH is 1. The number of rotatable bonds is 4. The largest absolute Gasteiger partial charge is 0.507 e. The summed E-state index contributed by atoms with van der Waals surface area (Å²) in [5.74, 6) is -0.743. The van der Waals surface area contributed by atoms with Crippen LogP contribution in [0, 0.1) is 0 Å². The second-order valence-corrected chi connectivity index (χ2v) is 6.50. The molecule has 2 unspecified atom stereocenters. The molecule has 2 atom stereocenters. The smallest absolute Gasteiger partial charge is 0.215 e.